The molecule has 148 valence electrons. The van der Waals surface area contributed by atoms with Gasteiger partial charge in [0, 0.05) is 15.1 Å². The Labute approximate surface area is 183 Å². The number of carbonyl (C=O) groups is 1. The zero-order valence-corrected chi connectivity index (χ0v) is 18.4. The maximum absolute atomic E-state index is 12.1. The van der Waals surface area contributed by atoms with Gasteiger partial charge in [-0.25, -0.2) is 5.43 Å². The van der Waals surface area contributed by atoms with Crippen molar-refractivity contribution in [2.75, 3.05) is 0 Å². The molecule has 1 amide bonds. The molecule has 3 aromatic carbocycles. The Morgan fingerprint density at radius 2 is 1.79 bits per heavy atom. The first-order valence-electron chi connectivity index (χ1n) is 9.00. The first-order chi connectivity index (χ1) is 13.9. The molecular weight excluding hydrogens is 452 g/mol. The summed E-state index contributed by atoms with van der Waals surface area (Å²) in [5.74, 6) is 0.578. The van der Waals surface area contributed by atoms with Gasteiger partial charge in [0.15, 0.2) is 0 Å². The second kappa shape index (κ2) is 9.72. The van der Waals surface area contributed by atoms with Crippen LogP contribution in [0.25, 0.3) is 0 Å². The first-order valence-corrected chi connectivity index (χ1v) is 10.2. The third-order valence-corrected chi connectivity index (χ3v) is 4.99. The average Bonchev–Trinajstić information content (AvgIpc) is 2.68. The molecule has 0 saturated heterocycles. The summed E-state index contributed by atoms with van der Waals surface area (Å²) in [6, 6.07) is 18.7. The molecule has 3 rings (SSSR count). The van der Waals surface area contributed by atoms with Crippen LogP contribution in [0.3, 0.4) is 0 Å². The average molecular weight is 472 g/mol. The van der Waals surface area contributed by atoms with E-state index in [2.05, 4.69) is 26.5 Å². The van der Waals surface area contributed by atoms with Gasteiger partial charge in [0.05, 0.1) is 6.21 Å². The molecule has 0 aliphatic rings. The van der Waals surface area contributed by atoms with Gasteiger partial charge in [0.2, 0.25) is 0 Å². The smallest absolute Gasteiger partial charge is 0.271 e. The predicted octanol–water partition coefficient (Wildman–Crippen LogP) is 6.06. The Bertz CT molecular complexity index is 1030. The number of benzene rings is 3. The number of nitrogens with one attached hydrogen (secondary N) is 1. The third-order valence-electron chi connectivity index (χ3n) is 4.25. The molecule has 0 fully saturated rings. The van der Waals surface area contributed by atoms with Gasteiger partial charge in [-0.15, -0.1) is 0 Å². The van der Waals surface area contributed by atoms with Crippen LogP contribution in [0.15, 0.2) is 70.2 Å². The van der Waals surface area contributed by atoms with Gasteiger partial charge in [-0.3, -0.25) is 4.79 Å². The molecule has 0 aliphatic carbocycles. The van der Waals surface area contributed by atoms with Crippen LogP contribution in [0.1, 0.15) is 32.6 Å². The number of carbonyl (C=O) groups excluding carboxylic acids is 1. The van der Waals surface area contributed by atoms with Crippen molar-refractivity contribution in [2.24, 2.45) is 5.10 Å². The summed E-state index contributed by atoms with van der Waals surface area (Å²) in [6.45, 7) is 4.44. The fraction of sp³-hybridized carbons (Fsp3) is 0.130. The number of aryl methyl sites for hydroxylation is 2. The van der Waals surface area contributed by atoms with E-state index in [0.29, 0.717) is 17.2 Å². The van der Waals surface area contributed by atoms with Crippen LogP contribution in [0.5, 0.6) is 5.75 Å². The Balaban J connectivity index is 1.64. The molecule has 0 saturated carbocycles. The van der Waals surface area contributed by atoms with Gasteiger partial charge in [-0.2, -0.15) is 5.10 Å². The number of amides is 1. The van der Waals surface area contributed by atoms with Crippen LogP contribution in [0.2, 0.25) is 5.02 Å². The molecule has 0 spiro atoms. The van der Waals surface area contributed by atoms with Gasteiger partial charge in [-0.1, -0.05) is 45.7 Å². The maximum atomic E-state index is 12.1. The highest BCUT2D eigenvalue weighted by Crippen LogP contribution is 2.25. The topological polar surface area (TPSA) is 50.7 Å². The van der Waals surface area contributed by atoms with E-state index < -0.39 is 0 Å². The molecule has 29 heavy (non-hydrogen) atoms. The van der Waals surface area contributed by atoms with E-state index in [1.807, 2.05) is 56.3 Å². The Morgan fingerprint density at radius 1 is 1.10 bits per heavy atom. The van der Waals surface area contributed by atoms with Crippen LogP contribution in [0.4, 0.5) is 0 Å². The summed E-state index contributed by atoms with van der Waals surface area (Å²) in [4.78, 5) is 12.1. The monoisotopic (exact) mass is 470 g/mol. The zero-order valence-electron chi connectivity index (χ0n) is 16.1. The molecule has 0 radical (unpaired) electrons. The fourth-order valence-electron chi connectivity index (χ4n) is 2.88. The molecule has 1 N–H and O–H groups in total. The second-order valence-corrected chi connectivity index (χ2v) is 7.96. The highest BCUT2D eigenvalue weighted by molar-refractivity contribution is 9.10. The van der Waals surface area contributed by atoms with Crippen molar-refractivity contribution in [1.29, 1.82) is 0 Å². The van der Waals surface area contributed by atoms with Crippen LogP contribution in [-0.4, -0.2) is 12.1 Å². The number of nitrogens with zero attached hydrogens (tertiary/aromatic N) is 1. The number of hydrogen-bond donors (Lipinski definition) is 1. The number of ether oxygens (including phenoxy) is 1. The summed E-state index contributed by atoms with van der Waals surface area (Å²) in [5, 5.41) is 4.77. The van der Waals surface area contributed by atoms with E-state index in [-0.39, 0.29) is 5.91 Å². The fourth-order valence-corrected chi connectivity index (χ4v) is 3.41. The van der Waals surface area contributed by atoms with Gasteiger partial charge >= 0.3 is 0 Å². The quantitative estimate of drug-likeness (QED) is 0.351. The van der Waals surface area contributed by atoms with Crippen LogP contribution in [-0.2, 0) is 6.61 Å². The molecular formula is C23H20BrClN2O2. The van der Waals surface area contributed by atoms with Crippen LogP contribution in [0, 0.1) is 13.8 Å². The SMILES string of the molecule is Cc1cc(/C=N\NC(=O)c2cccc(Br)c2)cc(C)c1OCc1ccc(Cl)cc1. The lowest BCUT2D eigenvalue weighted by Crippen LogP contribution is -2.17. The zero-order chi connectivity index (χ0) is 20.8. The molecule has 0 aliphatic heterocycles. The molecule has 0 heterocycles. The Morgan fingerprint density at radius 3 is 2.45 bits per heavy atom. The highest BCUT2D eigenvalue weighted by atomic mass is 79.9. The van der Waals surface area contributed by atoms with E-state index in [1.165, 1.54) is 0 Å². The van der Waals surface area contributed by atoms with Crippen LogP contribution >= 0.6 is 27.5 Å². The van der Waals surface area contributed by atoms with Crippen molar-refractivity contribution >= 4 is 39.7 Å². The van der Waals surface area contributed by atoms with E-state index >= 15 is 0 Å². The van der Waals surface area contributed by atoms with Gasteiger partial charge in [-0.05, 0) is 78.6 Å². The second-order valence-electron chi connectivity index (χ2n) is 6.61. The van der Waals surface area contributed by atoms with E-state index in [1.54, 1.807) is 24.4 Å². The van der Waals surface area contributed by atoms with E-state index in [9.17, 15) is 4.79 Å². The molecule has 6 heteroatoms. The number of hydrogen-bond acceptors (Lipinski definition) is 3. The number of hydrazone groups is 1. The summed E-state index contributed by atoms with van der Waals surface area (Å²) >= 11 is 9.27. The lowest BCUT2D eigenvalue weighted by Gasteiger charge is -2.13. The normalized spacial score (nSPS) is 10.9. The van der Waals surface area contributed by atoms with E-state index in [0.717, 1.165) is 32.5 Å². The number of rotatable bonds is 6. The first kappa shape index (κ1) is 21.1. The Hall–Kier alpha value is -2.63. The van der Waals surface area contributed by atoms with Crippen LogP contribution < -0.4 is 10.2 Å². The molecule has 3 aromatic rings. The van der Waals surface area contributed by atoms with Crippen molar-refractivity contribution in [3.05, 3.63) is 98.0 Å². The van der Waals surface area contributed by atoms with Crippen molar-refractivity contribution in [3.63, 3.8) is 0 Å². The van der Waals surface area contributed by atoms with Gasteiger partial charge < -0.3 is 4.74 Å². The van der Waals surface area contributed by atoms with E-state index in [4.69, 9.17) is 16.3 Å². The van der Waals surface area contributed by atoms with Gasteiger partial charge in [0.25, 0.3) is 5.91 Å². The minimum absolute atomic E-state index is 0.265. The Kier molecular flexibility index (Phi) is 7.07. The largest absolute Gasteiger partial charge is 0.488 e. The highest BCUT2D eigenvalue weighted by Gasteiger charge is 2.07. The standard InChI is InChI=1S/C23H20BrClN2O2/c1-15-10-18(13-26-27-23(28)19-4-3-5-20(24)12-19)11-16(2)22(15)29-14-17-6-8-21(25)9-7-17/h3-13H,14H2,1-2H3,(H,27,28)/b26-13-. The molecule has 0 atom stereocenters. The summed E-state index contributed by atoms with van der Waals surface area (Å²) < 4.78 is 6.84. The number of halogens is 2. The summed E-state index contributed by atoms with van der Waals surface area (Å²) in [7, 11) is 0. The van der Waals surface area contributed by atoms with Crippen molar-refractivity contribution in [3.8, 4) is 5.75 Å². The molecule has 4 nitrogen and oxygen atoms in total. The summed E-state index contributed by atoms with van der Waals surface area (Å²) in [6.07, 6.45) is 1.62. The lowest BCUT2D eigenvalue weighted by molar-refractivity contribution is 0.0955. The summed E-state index contributed by atoms with van der Waals surface area (Å²) in [5.41, 5.74) is 7.01. The third kappa shape index (κ3) is 5.92. The van der Waals surface area contributed by atoms with Crippen molar-refractivity contribution < 1.29 is 9.53 Å². The molecule has 0 bridgehead atoms. The lowest BCUT2D eigenvalue weighted by atomic mass is 10.1. The minimum Gasteiger partial charge on any atom is -0.488 e. The maximum Gasteiger partial charge on any atom is 0.271 e. The molecule has 0 aromatic heterocycles. The molecule has 0 unspecified atom stereocenters. The minimum atomic E-state index is -0.265. The van der Waals surface area contributed by atoms with Crippen molar-refractivity contribution in [2.45, 2.75) is 20.5 Å². The van der Waals surface area contributed by atoms with Gasteiger partial charge in [0.1, 0.15) is 12.4 Å². The predicted molar refractivity (Wildman–Crippen MR) is 121 cm³/mol. The van der Waals surface area contributed by atoms with Crippen molar-refractivity contribution in [1.82, 2.24) is 5.43 Å².